The quantitative estimate of drug-likeness (QED) is 0.744. The first-order chi connectivity index (χ1) is 7.00. The van der Waals surface area contributed by atoms with Gasteiger partial charge in [0, 0.05) is 11.6 Å². The summed E-state index contributed by atoms with van der Waals surface area (Å²) in [5, 5.41) is 12.2. The van der Waals surface area contributed by atoms with Crippen LogP contribution in [0.4, 0.5) is 0 Å². The average Bonchev–Trinajstić information content (AvgIpc) is 2.16. The summed E-state index contributed by atoms with van der Waals surface area (Å²) < 4.78 is 0. The fraction of sp³-hybridized carbons (Fsp3) is 0.250. The van der Waals surface area contributed by atoms with E-state index in [4.69, 9.17) is 0 Å². The van der Waals surface area contributed by atoms with Crippen molar-refractivity contribution in [1.82, 2.24) is 4.98 Å². The van der Waals surface area contributed by atoms with E-state index in [0.29, 0.717) is 5.75 Å². The van der Waals surface area contributed by atoms with Gasteiger partial charge in [-0.05, 0) is 11.3 Å². The van der Waals surface area contributed by atoms with E-state index >= 15 is 0 Å². The van der Waals surface area contributed by atoms with Gasteiger partial charge in [0.25, 0.3) is 0 Å². The molecule has 0 aliphatic rings. The predicted molar refractivity (Wildman–Crippen MR) is 66.4 cm³/mol. The molecular weight excluding hydrogens is 202 g/mol. The van der Waals surface area contributed by atoms with Crippen molar-refractivity contribution in [3.05, 3.63) is 30.5 Å². The number of nitrogens with zero attached hydrogens (tertiary/aromatic N) is 1. The Bertz CT molecular complexity index is 502. The Labute approximate surface area is 90.6 Å². The van der Waals surface area contributed by atoms with Crippen molar-refractivity contribution >= 4 is 24.2 Å². The molecule has 2 rings (SSSR count). The number of pyridine rings is 1. The van der Waals surface area contributed by atoms with E-state index in [2.05, 4.69) is 24.6 Å². The molecule has 1 heterocycles. The van der Waals surface area contributed by atoms with Crippen LogP contribution in [0.1, 0.15) is 0 Å². The highest BCUT2D eigenvalue weighted by molar-refractivity contribution is 6.89. The first-order valence-corrected chi connectivity index (χ1v) is 8.57. The molecule has 78 valence electrons. The molecule has 3 heteroatoms. The molecule has 0 saturated heterocycles. The Hall–Kier alpha value is -1.35. The van der Waals surface area contributed by atoms with Crippen LogP contribution in [0.15, 0.2) is 30.5 Å². The van der Waals surface area contributed by atoms with Gasteiger partial charge in [0.05, 0.1) is 8.07 Å². The molecule has 0 atom stereocenters. The molecule has 1 N–H and O–H groups in total. The van der Waals surface area contributed by atoms with Gasteiger partial charge in [-0.1, -0.05) is 37.8 Å². The van der Waals surface area contributed by atoms with Crippen molar-refractivity contribution in [1.29, 1.82) is 0 Å². The highest BCUT2D eigenvalue weighted by atomic mass is 28.3. The van der Waals surface area contributed by atoms with Crippen LogP contribution in [0.5, 0.6) is 5.75 Å². The summed E-state index contributed by atoms with van der Waals surface area (Å²) in [7, 11) is -1.49. The van der Waals surface area contributed by atoms with Gasteiger partial charge >= 0.3 is 0 Å². The highest BCUT2D eigenvalue weighted by Crippen LogP contribution is 2.22. The molecule has 2 nitrogen and oxygen atoms in total. The van der Waals surface area contributed by atoms with E-state index in [1.165, 1.54) is 0 Å². The zero-order valence-electron chi connectivity index (χ0n) is 9.28. The lowest BCUT2D eigenvalue weighted by Gasteiger charge is -2.18. The molecule has 0 aliphatic heterocycles. The lowest BCUT2D eigenvalue weighted by Crippen LogP contribution is -2.37. The van der Waals surface area contributed by atoms with Crippen molar-refractivity contribution in [3.8, 4) is 5.75 Å². The smallest absolute Gasteiger partial charge is 0.141 e. The number of phenols is 1. The second kappa shape index (κ2) is 3.34. The first kappa shape index (κ1) is 10.2. The summed E-state index contributed by atoms with van der Waals surface area (Å²) in [6.07, 6.45) is 1.72. The van der Waals surface area contributed by atoms with Crippen LogP contribution in [0.25, 0.3) is 10.9 Å². The van der Waals surface area contributed by atoms with Crippen LogP contribution in [-0.4, -0.2) is 18.2 Å². The molecule has 1 aromatic carbocycles. The van der Waals surface area contributed by atoms with Crippen molar-refractivity contribution in [2.24, 2.45) is 0 Å². The summed E-state index contributed by atoms with van der Waals surface area (Å²) in [5.74, 6) is 0.368. The number of aromatic hydroxyl groups is 1. The Balaban J connectivity index is 2.76. The maximum Gasteiger partial charge on any atom is 0.141 e. The Kier molecular flexibility index (Phi) is 2.27. The first-order valence-electron chi connectivity index (χ1n) is 5.07. The normalized spacial score (nSPS) is 11.9. The minimum atomic E-state index is -1.49. The maximum absolute atomic E-state index is 10.2. The van der Waals surface area contributed by atoms with E-state index in [0.717, 1.165) is 16.1 Å². The summed E-state index contributed by atoms with van der Waals surface area (Å²) in [4.78, 5) is 4.23. The predicted octanol–water partition coefficient (Wildman–Crippen LogP) is 2.49. The molecule has 0 amide bonds. The van der Waals surface area contributed by atoms with Crippen molar-refractivity contribution < 1.29 is 5.11 Å². The lowest BCUT2D eigenvalue weighted by atomic mass is 10.2. The molecule has 0 radical (unpaired) electrons. The van der Waals surface area contributed by atoms with Gasteiger partial charge in [-0.3, -0.25) is 4.98 Å². The van der Waals surface area contributed by atoms with Crippen LogP contribution >= 0.6 is 0 Å². The number of phenolic OH excluding ortho intramolecular Hbond substituents is 1. The van der Waals surface area contributed by atoms with E-state index < -0.39 is 8.07 Å². The maximum atomic E-state index is 10.2. The fourth-order valence-electron chi connectivity index (χ4n) is 1.73. The van der Waals surface area contributed by atoms with Crippen molar-refractivity contribution in [3.63, 3.8) is 0 Å². The number of aromatic nitrogens is 1. The molecular formula is C12H15NOSi. The van der Waals surface area contributed by atoms with Gasteiger partial charge in [-0.25, -0.2) is 0 Å². The minimum Gasteiger partial charge on any atom is -0.506 e. The molecule has 0 bridgehead atoms. The SMILES string of the molecule is C[Si](C)(C)c1ccc2cccnc2c1O. The van der Waals surface area contributed by atoms with Crippen molar-refractivity contribution in [2.75, 3.05) is 0 Å². The summed E-state index contributed by atoms with van der Waals surface area (Å²) in [6.45, 7) is 6.66. The third kappa shape index (κ3) is 1.75. The zero-order chi connectivity index (χ0) is 11.1. The molecule has 0 fully saturated rings. The highest BCUT2D eigenvalue weighted by Gasteiger charge is 2.21. The number of hydrogen-bond donors (Lipinski definition) is 1. The minimum absolute atomic E-state index is 0.368. The van der Waals surface area contributed by atoms with E-state index in [1.54, 1.807) is 6.20 Å². The van der Waals surface area contributed by atoms with Crippen molar-refractivity contribution in [2.45, 2.75) is 19.6 Å². The van der Waals surface area contributed by atoms with Gasteiger partial charge in [0.1, 0.15) is 11.3 Å². The van der Waals surface area contributed by atoms with Crippen LogP contribution in [0, 0.1) is 0 Å². The second-order valence-corrected chi connectivity index (χ2v) is 9.83. The van der Waals surface area contributed by atoms with E-state index in [9.17, 15) is 5.11 Å². The molecule has 0 saturated carbocycles. The molecule has 1 aromatic heterocycles. The summed E-state index contributed by atoms with van der Waals surface area (Å²) in [6, 6.07) is 7.92. The summed E-state index contributed by atoms with van der Waals surface area (Å²) in [5.41, 5.74) is 0.720. The summed E-state index contributed by atoms with van der Waals surface area (Å²) >= 11 is 0. The topological polar surface area (TPSA) is 33.1 Å². The largest absolute Gasteiger partial charge is 0.506 e. The Morgan fingerprint density at radius 3 is 2.53 bits per heavy atom. The molecule has 15 heavy (non-hydrogen) atoms. The van der Waals surface area contributed by atoms with Gasteiger partial charge in [-0.2, -0.15) is 0 Å². The molecule has 0 unspecified atom stereocenters. The second-order valence-electron chi connectivity index (χ2n) is 4.79. The lowest BCUT2D eigenvalue weighted by molar-refractivity contribution is 0.484. The standard InChI is InChI=1S/C12H15NOSi/c1-15(2,3)10-7-6-9-5-4-8-13-11(9)12(10)14/h4-8,14H,1-3H3. The van der Waals surface area contributed by atoms with Gasteiger partial charge in [0.15, 0.2) is 0 Å². The van der Waals surface area contributed by atoms with Gasteiger partial charge in [0.2, 0.25) is 0 Å². The molecule has 2 aromatic rings. The number of hydrogen-bond acceptors (Lipinski definition) is 2. The van der Waals surface area contributed by atoms with Gasteiger partial charge < -0.3 is 5.11 Å². The number of fused-ring (bicyclic) bond motifs is 1. The molecule has 0 spiro atoms. The van der Waals surface area contributed by atoms with E-state index in [1.807, 2.05) is 24.3 Å². The van der Waals surface area contributed by atoms with Crippen LogP contribution < -0.4 is 5.19 Å². The van der Waals surface area contributed by atoms with Crippen LogP contribution in [0.3, 0.4) is 0 Å². The third-order valence-electron chi connectivity index (χ3n) is 2.56. The monoisotopic (exact) mass is 217 g/mol. The average molecular weight is 217 g/mol. The molecule has 0 aliphatic carbocycles. The zero-order valence-corrected chi connectivity index (χ0v) is 10.3. The van der Waals surface area contributed by atoms with Crippen LogP contribution in [-0.2, 0) is 0 Å². The number of benzene rings is 1. The third-order valence-corrected chi connectivity index (χ3v) is 4.58. The van der Waals surface area contributed by atoms with E-state index in [-0.39, 0.29) is 0 Å². The Morgan fingerprint density at radius 2 is 1.87 bits per heavy atom. The Morgan fingerprint density at radius 1 is 1.13 bits per heavy atom. The fourth-order valence-corrected chi connectivity index (χ4v) is 3.15. The number of rotatable bonds is 1. The van der Waals surface area contributed by atoms with Crippen LogP contribution in [0.2, 0.25) is 19.6 Å². The van der Waals surface area contributed by atoms with Gasteiger partial charge in [-0.15, -0.1) is 0 Å².